The standard InChI is InChI=1S/C18H20N4O2/c1-11-21-17(13-8-19-10-20-9-13)18-14-7-16(24-3)15(23-2)6-12(14)4-5-22(11)18/h6-8,10H,4-5,9H2,1-3H3,(H,19,20). The van der Waals surface area contributed by atoms with Gasteiger partial charge in [-0.3, -0.25) is 0 Å². The summed E-state index contributed by atoms with van der Waals surface area (Å²) in [5, 5.41) is 3.16. The number of aliphatic imine (C=N–C) groups is 1. The summed E-state index contributed by atoms with van der Waals surface area (Å²) in [6.07, 6.45) is 4.55. The van der Waals surface area contributed by atoms with E-state index in [-0.39, 0.29) is 0 Å². The van der Waals surface area contributed by atoms with Crippen LogP contribution >= 0.6 is 0 Å². The van der Waals surface area contributed by atoms with Crippen molar-refractivity contribution < 1.29 is 9.47 Å². The molecule has 2 aliphatic rings. The van der Waals surface area contributed by atoms with Crippen LogP contribution in [0.4, 0.5) is 0 Å². The van der Waals surface area contributed by atoms with E-state index in [1.165, 1.54) is 5.56 Å². The summed E-state index contributed by atoms with van der Waals surface area (Å²) < 4.78 is 13.2. The van der Waals surface area contributed by atoms with E-state index in [9.17, 15) is 0 Å². The highest BCUT2D eigenvalue weighted by atomic mass is 16.5. The predicted molar refractivity (Wildman–Crippen MR) is 93.7 cm³/mol. The van der Waals surface area contributed by atoms with Crippen molar-refractivity contribution >= 4 is 11.9 Å². The molecule has 0 saturated heterocycles. The van der Waals surface area contributed by atoms with Crippen LogP contribution in [-0.4, -0.2) is 36.7 Å². The molecule has 6 heteroatoms. The Morgan fingerprint density at radius 3 is 2.67 bits per heavy atom. The minimum atomic E-state index is 0.732. The molecule has 0 radical (unpaired) electrons. The van der Waals surface area contributed by atoms with Crippen molar-refractivity contribution in [1.82, 2.24) is 14.9 Å². The van der Waals surface area contributed by atoms with Gasteiger partial charge in [0, 0.05) is 30.4 Å². The van der Waals surface area contributed by atoms with E-state index in [0.29, 0.717) is 0 Å². The number of rotatable bonds is 3. The number of methoxy groups -OCH3 is 2. The van der Waals surface area contributed by atoms with E-state index in [0.717, 1.165) is 59.4 Å². The second-order valence-corrected chi connectivity index (χ2v) is 5.94. The molecule has 1 aromatic heterocycles. The molecule has 3 heterocycles. The predicted octanol–water partition coefficient (Wildman–Crippen LogP) is 2.40. The molecule has 0 unspecified atom stereocenters. The van der Waals surface area contributed by atoms with E-state index in [4.69, 9.17) is 14.5 Å². The number of fused-ring (bicyclic) bond motifs is 3. The molecule has 0 amide bonds. The van der Waals surface area contributed by atoms with E-state index in [1.807, 2.05) is 6.20 Å². The molecular weight excluding hydrogens is 304 g/mol. The Labute approximate surface area is 140 Å². The zero-order valence-electron chi connectivity index (χ0n) is 14.1. The van der Waals surface area contributed by atoms with E-state index >= 15 is 0 Å². The van der Waals surface area contributed by atoms with Crippen LogP contribution in [0.3, 0.4) is 0 Å². The molecule has 0 atom stereocenters. The molecule has 124 valence electrons. The Hall–Kier alpha value is -2.76. The van der Waals surface area contributed by atoms with Crippen LogP contribution < -0.4 is 14.8 Å². The first-order valence-electron chi connectivity index (χ1n) is 7.99. The molecule has 0 aliphatic carbocycles. The van der Waals surface area contributed by atoms with Crippen molar-refractivity contribution in [2.75, 3.05) is 20.8 Å². The number of benzene rings is 1. The summed E-state index contributed by atoms with van der Waals surface area (Å²) in [7, 11) is 3.34. The fourth-order valence-corrected chi connectivity index (χ4v) is 3.44. The second-order valence-electron chi connectivity index (χ2n) is 5.94. The fourth-order valence-electron chi connectivity index (χ4n) is 3.44. The van der Waals surface area contributed by atoms with Crippen molar-refractivity contribution in [1.29, 1.82) is 0 Å². The number of ether oxygens (including phenoxy) is 2. The molecule has 4 rings (SSSR count). The Morgan fingerprint density at radius 1 is 1.17 bits per heavy atom. The van der Waals surface area contributed by atoms with Gasteiger partial charge in [-0.2, -0.15) is 0 Å². The van der Waals surface area contributed by atoms with E-state index in [2.05, 4.69) is 33.9 Å². The Balaban J connectivity index is 1.94. The van der Waals surface area contributed by atoms with Gasteiger partial charge >= 0.3 is 0 Å². The Morgan fingerprint density at radius 2 is 1.96 bits per heavy atom. The molecule has 0 spiro atoms. The van der Waals surface area contributed by atoms with Gasteiger partial charge in [0.2, 0.25) is 0 Å². The van der Waals surface area contributed by atoms with Gasteiger partial charge in [0.15, 0.2) is 11.5 Å². The Bertz CT molecular complexity index is 864. The number of aromatic nitrogens is 2. The van der Waals surface area contributed by atoms with Crippen molar-refractivity contribution in [2.45, 2.75) is 19.9 Å². The molecule has 2 aromatic rings. The third-order valence-electron chi connectivity index (χ3n) is 4.62. The first-order valence-corrected chi connectivity index (χ1v) is 7.99. The average molecular weight is 324 g/mol. The summed E-state index contributed by atoms with van der Waals surface area (Å²) in [5.41, 5.74) is 5.64. The topological polar surface area (TPSA) is 60.7 Å². The van der Waals surface area contributed by atoms with E-state index in [1.54, 1.807) is 20.6 Å². The lowest BCUT2D eigenvalue weighted by Crippen LogP contribution is -2.18. The maximum absolute atomic E-state index is 5.50. The zero-order valence-corrected chi connectivity index (χ0v) is 14.1. The number of nitrogens with one attached hydrogen (secondary N) is 1. The quantitative estimate of drug-likeness (QED) is 0.942. The molecule has 0 saturated carbocycles. The first kappa shape index (κ1) is 14.8. The number of nitrogens with zero attached hydrogens (tertiary/aromatic N) is 3. The van der Waals surface area contributed by atoms with Gasteiger partial charge in [-0.25, -0.2) is 9.98 Å². The minimum Gasteiger partial charge on any atom is -0.493 e. The molecule has 2 aliphatic heterocycles. The number of imidazole rings is 1. The van der Waals surface area contributed by atoms with Gasteiger partial charge in [-0.05, 0) is 31.0 Å². The molecule has 24 heavy (non-hydrogen) atoms. The van der Waals surface area contributed by atoms with Crippen LogP contribution in [0.5, 0.6) is 11.5 Å². The largest absolute Gasteiger partial charge is 0.493 e. The van der Waals surface area contributed by atoms with Crippen molar-refractivity contribution in [3.05, 3.63) is 35.4 Å². The van der Waals surface area contributed by atoms with Gasteiger partial charge < -0.3 is 19.4 Å². The van der Waals surface area contributed by atoms with Crippen LogP contribution in [0.15, 0.2) is 23.3 Å². The van der Waals surface area contributed by atoms with Crippen molar-refractivity contribution in [2.24, 2.45) is 4.99 Å². The maximum Gasteiger partial charge on any atom is 0.161 e. The van der Waals surface area contributed by atoms with E-state index < -0.39 is 0 Å². The molecule has 6 nitrogen and oxygen atoms in total. The van der Waals surface area contributed by atoms with Gasteiger partial charge in [0.05, 0.1) is 31.9 Å². The van der Waals surface area contributed by atoms with Crippen LogP contribution in [-0.2, 0) is 13.0 Å². The van der Waals surface area contributed by atoms with Gasteiger partial charge in [-0.1, -0.05) is 0 Å². The third kappa shape index (κ3) is 2.18. The maximum atomic E-state index is 5.50. The van der Waals surface area contributed by atoms with Crippen LogP contribution in [0.2, 0.25) is 0 Å². The van der Waals surface area contributed by atoms with Crippen LogP contribution in [0, 0.1) is 6.92 Å². The lowest BCUT2D eigenvalue weighted by molar-refractivity contribution is 0.354. The summed E-state index contributed by atoms with van der Waals surface area (Å²) in [6.45, 7) is 3.70. The second kappa shape index (κ2) is 5.70. The highest BCUT2D eigenvalue weighted by molar-refractivity contribution is 5.83. The summed E-state index contributed by atoms with van der Waals surface area (Å²) in [5.74, 6) is 2.53. The Kier molecular flexibility index (Phi) is 3.52. The van der Waals surface area contributed by atoms with Gasteiger partial charge in [0.1, 0.15) is 5.82 Å². The summed E-state index contributed by atoms with van der Waals surface area (Å²) >= 11 is 0. The molecule has 1 N–H and O–H groups in total. The average Bonchev–Trinajstić information content (AvgIpc) is 2.98. The lowest BCUT2D eigenvalue weighted by atomic mass is 9.94. The lowest BCUT2D eigenvalue weighted by Gasteiger charge is -2.23. The smallest absolute Gasteiger partial charge is 0.161 e. The highest BCUT2D eigenvalue weighted by Gasteiger charge is 2.26. The molecule has 0 fully saturated rings. The van der Waals surface area contributed by atoms with Crippen LogP contribution in [0.1, 0.15) is 17.1 Å². The molecule has 0 bridgehead atoms. The van der Waals surface area contributed by atoms with Gasteiger partial charge in [0.25, 0.3) is 0 Å². The SMILES string of the molecule is COc1cc2c(cc1OC)-c1c(C3=CN=CNC3)nc(C)n1CC2. The highest BCUT2D eigenvalue weighted by Crippen LogP contribution is 2.41. The first-order chi connectivity index (χ1) is 11.7. The third-order valence-corrected chi connectivity index (χ3v) is 4.62. The summed E-state index contributed by atoms with van der Waals surface area (Å²) in [4.78, 5) is 9.04. The zero-order chi connectivity index (χ0) is 16.7. The number of hydrogen-bond acceptors (Lipinski definition) is 5. The molecule has 1 aromatic carbocycles. The monoisotopic (exact) mass is 324 g/mol. The molecular formula is C18H20N4O2. The number of aryl methyl sites for hydroxylation is 2. The fraction of sp³-hybridized carbons (Fsp3) is 0.333. The van der Waals surface area contributed by atoms with Crippen molar-refractivity contribution in [3.63, 3.8) is 0 Å². The minimum absolute atomic E-state index is 0.732. The number of hydrogen-bond donors (Lipinski definition) is 1. The van der Waals surface area contributed by atoms with Crippen LogP contribution in [0.25, 0.3) is 16.8 Å². The van der Waals surface area contributed by atoms with Gasteiger partial charge in [-0.15, -0.1) is 0 Å². The van der Waals surface area contributed by atoms with Crippen molar-refractivity contribution in [3.8, 4) is 22.8 Å². The summed E-state index contributed by atoms with van der Waals surface area (Å²) in [6, 6.07) is 4.14. The normalized spacial score (nSPS) is 15.2.